The summed E-state index contributed by atoms with van der Waals surface area (Å²) < 4.78 is 10.8. The Morgan fingerprint density at radius 1 is 1.07 bits per heavy atom. The minimum absolute atomic E-state index is 0.116. The van der Waals surface area contributed by atoms with Crippen molar-refractivity contribution in [3.63, 3.8) is 0 Å². The summed E-state index contributed by atoms with van der Waals surface area (Å²) in [5, 5.41) is 12.2. The second kappa shape index (κ2) is 7.20. The van der Waals surface area contributed by atoms with E-state index >= 15 is 0 Å². The average Bonchev–Trinajstić information content (AvgIpc) is 2.68. The first-order valence-corrected chi connectivity index (χ1v) is 9.41. The highest BCUT2D eigenvalue weighted by atomic mass is 16.6. The predicted molar refractivity (Wildman–Crippen MR) is 98.4 cm³/mol. The van der Waals surface area contributed by atoms with Crippen LogP contribution in [0, 0.1) is 5.92 Å². The van der Waals surface area contributed by atoms with Gasteiger partial charge in [-0.05, 0) is 66.7 Å². The zero-order valence-electron chi connectivity index (χ0n) is 17.1. The van der Waals surface area contributed by atoms with Gasteiger partial charge < -0.3 is 24.8 Å². The van der Waals surface area contributed by atoms with E-state index < -0.39 is 34.9 Å². The van der Waals surface area contributed by atoms with Gasteiger partial charge in [-0.3, -0.25) is 4.79 Å². The standard InChI is InChI=1S/C19H32N2O6/c1-17(2,3)26-15(24)20-19(10-14(22)23)8-12-7-13(9-19)21(11-12)16(25)27-18(4,5)6/h12-13H,7-11H2,1-6H3,(H,20,24)(H,22,23). The maximum atomic E-state index is 12.5. The Labute approximate surface area is 160 Å². The molecule has 2 rings (SSSR count). The van der Waals surface area contributed by atoms with Gasteiger partial charge in [0.25, 0.3) is 0 Å². The first-order valence-electron chi connectivity index (χ1n) is 9.41. The summed E-state index contributed by atoms with van der Waals surface area (Å²) in [7, 11) is 0. The van der Waals surface area contributed by atoms with Crippen LogP contribution in [0.2, 0.25) is 0 Å². The largest absolute Gasteiger partial charge is 0.481 e. The third-order valence-corrected chi connectivity index (χ3v) is 4.69. The van der Waals surface area contributed by atoms with Crippen LogP contribution in [0.1, 0.15) is 67.2 Å². The lowest BCUT2D eigenvalue weighted by Crippen LogP contribution is -2.56. The predicted octanol–water partition coefficient (Wildman–Crippen LogP) is 3.14. The Morgan fingerprint density at radius 2 is 1.67 bits per heavy atom. The molecule has 8 nitrogen and oxygen atoms in total. The molecule has 0 radical (unpaired) electrons. The highest BCUT2D eigenvalue weighted by molar-refractivity contribution is 5.73. The fraction of sp³-hybridized carbons (Fsp3) is 0.842. The molecule has 1 saturated carbocycles. The number of likely N-dealkylation sites (tertiary alicyclic amines) is 1. The summed E-state index contributed by atoms with van der Waals surface area (Å²) >= 11 is 0. The van der Waals surface area contributed by atoms with Crippen molar-refractivity contribution in [3.8, 4) is 0 Å². The van der Waals surface area contributed by atoms with E-state index in [1.54, 1.807) is 25.7 Å². The quantitative estimate of drug-likeness (QED) is 0.774. The normalized spacial score (nSPS) is 27.9. The number of fused-ring (bicyclic) bond motifs is 2. The van der Waals surface area contributed by atoms with Crippen LogP contribution in [-0.4, -0.2) is 57.5 Å². The zero-order chi connectivity index (χ0) is 20.6. The molecule has 1 aliphatic heterocycles. The van der Waals surface area contributed by atoms with Crippen molar-refractivity contribution >= 4 is 18.2 Å². The van der Waals surface area contributed by atoms with E-state index in [1.165, 1.54) is 0 Å². The number of ether oxygens (including phenoxy) is 2. The average molecular weight is 384 g/mol. The molecule has 0 aromatic rings. The SMILES string of the molecule is CC(C)(C)OC(=O)NC1(CC(=O)O)CC2CC(C1)N(C(=O)OC(C)(C)C)C2. The number of aliphatic carboxylic acids is 1. The molecule has 1 aliphatic carbocycles. The fourth-order valence-corrected chi connectivity index (χ4v) is 4.09. The second-order valence-electron chi connectivity index (χ2n) is 9.77. The van der Waals surface area contributed by atoms with Gasteiger partial charge in [-0.15, -0.1) is 0 Å². The summed E-state index contributed by atoms with van der Waals surface area (Å²) in [6.07, 6.45) is 0.424. The summed E-state index contributed by atoms with van der Waals surface area (Å²) in [6.45, 7) is 11.2. The number of alkyl carbamates (subject to hydrolysis) is 1. The number of rotatable bonds is 3. The monoisotopic (exact) mass is 384 g/mol. The van der Waals surface area contributed by atoms with Gasteiger partial charge in [0, 0.05) is 12.6 Å². The maximum absolute atomic E-state index is 12.5. The molecule has 2 fully saturated rings. The van der Waals surface area contributed by atoms with Gasteiger partial charge in [-0.1, -0.05) is 0 Å². The molecule has 154 valence electrons. The Balaban J connectivity index is 2.15. The first-order chi connectivity index (χ1) is 12.2. The van der Waals surface area contributed by atoms with Crippen LogP contribution in [-0.2, 0) is 14.3 Å². The van der Waals surface area contributed by atoms with Crippen LogP contribution in [0.4, 0.5) is 9.59 Å². The van der Waals surface area contributed by atoms with Gasteiger partial charge in [-0.25, -0.2) is 9.59 Å². The van der Waals surface area contributed by atoms with Crippen molar-refractivity contribution in [1.82, 2.24) is 10.2 Å². The number of carbonyl (C=O) groups excluding carboxylic acids is 2. The van der Waals surface area contributed by atoms with Crippen LogP contribution < -0.4 is 5.32 Å². The van der Waals surface area contributed by atoms with Crippen molar-refractivity contribution in [2.45, 2.75) is 90.0 Å². The summed E-state index contributed by atoms with van der Waals surface area (Å²) in [5.41, 5.74) is -2.20. The van der Waals surface area contributed by atoms with Crippen molar-refractivity contribution in [3.05, 3.63) is 0 Å². The molecular formula is C19H32N2O6. The van der Waals surface area contributed by atoms with Gasteiger partial charge in [0.05, 0.1) is 12.0 Å². The Kier molecular flexibility index (Phi) is 5.69. The van der Waals surface area contributed by atoms with Gasteiger partial charge in [-0.2, -0.15) is 0 Å². The van der Waals surface area contributed by atoms with E-state index in [4.69, 9.17) is 9.47 Å². The van der Waals surface area contributed by atoms with Crippen molar-refractivity contribution in [2.75, 3.05) is 6.54 Å². The van der Waals surface area contributed by atoms with Gasteiger partial charge in [0.2, 0.25) is 0 Å². The number of nitrogens with zero attached hydrogens (tertiary/aromatic N) is 1. The van der Waals surface area contributed by atoms with Gasteiger partial charge >= 0.3 is 18.2 Å². The lowest BCUT2D eigenvalue weighted by Gasteiger charge is -2.40. The number of nitrogens with one attached hydrogen (secondary N) is 1. The molecule has 2 N–H and O–H groups in total. The topological polar surface area (TPSA) is 105 Å². The third kappa shape index (κ3) is 6.01. The van der Waals surface area contributed by atoms with Crippen LogP contribution in [0.5, 0.6) is 0 Å². The molecule has 3 unspecified atom stereocenters. The van der Waals surface area contributed by atoms with Gasteiger partial charge in [0.15, 0.2) is 0 Å². The Hall–Kier alpha value is -1.99. The van der Waals surface area contributed by atoms with Crippen LogP contribution in [0.25, 0.3) is 0 Å². The fourth-order valence-electron chi connectivity index (χ4n) is 4.09. The Bertz CT molecular complexity index is 606. The number of carbonyl (C=O) groups is 3. The van der Waals surface area contributed by atoms with Crippen molar-refractivity contribution in [2.24, 2.45) is 5.92 Å². The third-order valence-electron chi connectivity index (χ3n) is 4.69. The molecule has 1 saturated heterocycles. The minimum atomic E-state index is -0.990. The van der Waals surface area contributed by atoms with Crippen LogP contribution >= 0.6 is 0 Å². The lowest BCUT2D eigenvalue weighted by molar-refractivity contribution is -0.139. The molecule has 0 spiro atoms. The molecule has 1 heterocycles. The number of carboxylic acids is 1. The van der Waals surface area contributed by atoms with E-state index in [2.05, 4.69) is 5.32 Å². The van der Waals surface area contributed by atoms with E-state index in [0.717, 1.165) is 6.42 Å². The number of amides is 2. The highest BCUT2D eigenvalue weighted by Gasteiger charge is 2.51. The first kappa shape index (κ1) is 21.3. The summed E-state index contributed by atoms with van der Waals surface area (Å²) in [5.74, 6) is -0.873. The molecule has 0 aromatic carbocycles. The summed E-state index contributed by atoms with van der Waals surface area (Å²) in [6, 6.07) is -0.159. The van der Waals surface area contributed by atoms with Gasteiger partial charge in [0.1, 0.15) is 11.2 Å². The Morgan fingerprint density at radius 3 is 2.19 bits per heavy atom. The van der Waals surface area contributed by atoms with E-state index in [9.17, 15) is 19.5 Å². The molecule has 2 amide bonds. The molecular weight excluding hydrogens is 352 g/mol. The van der Waals surface area contributed by atoms with E-state index in [0.29, 0.717) is 19.4 Å². The molecule has 0 aromatic heterocycles. The molecule has 27 heavy (non-hydrogen) atoms. The maximum Gasteiger partial charge on any atom is 0.410 e. The molecule has 2 aliphatic rings. The second-order valence-corrected chi connectivity index (χ2v) is 9.77. The molecule has 3 atom stereocenters. The van der Waals surface area contributed by atoms with E-state index in [-0.39, 0.29) is 18.4 Å². The number of hydrogen-bond acceptors (Lipinski definition) is 5. The number of hydrogen-bond donors (Lipinski definition) is 2. The van der Waals surface area contributed by atoms with E-state index in [1.807, 2.05) is 20.8 Å². The summed E-state index contributed by atoms with van der Waals surface area (Å²) in [4.78, 5) is 38.0. The van der Waals surface area contributed by atoms with Crippen LogP contribution in [0.3, 0.4) is 0 Å². The van der Waals surface area contributed by atoms with Crippen molar-refractivity contribution < 1.29 is 29.0 Å². The number of carboxylic acid groups (broad SMARTS) is 1. The smallest absolute Gasteiger partial charge is 0.410 e. The van der Waals surface area contributed by atoms with Crippen molar-refractivity contribution in [1.29, 1.82) is 0 Å². The zero-order valence-corrected chi connectivity index (χ0v) is 17.1. The molecule has 8 heteroatoms. The highest BCUT2D eigenvalue weighted by Crippen LogP contribution is 2.43. The van der Waals surface area contributed by atoms with Crippen LogP contribution in [0.15, 0.2) is 0 Å². The lowest BCUT2D eigenvalue weighted by atomic mass is 9.74. The molecule has 2 bridgehead atoms. The minimum Gasteiger partial charge on any atom is -0.481 e.